The van der Waals surface area contributed by atoms with Gasteiger partial charge < -0.3 is 10.1 Å². The maximum absolute atomic E-state index is 12.0. The van der Waals surface area contributed by atoms with Crippen LogP contribution >= 0.6 is 27.5 Å². The van der Waals surface area contributed by atoms with Crippen LogP contribution in [0.15, 0.2) is 22.7 Å². The minimum atomic E-state index is -0.543. The van der Waals surface area contributed by atoms with E-state index in [0.717, 1.165) is 17.3 Å². The monoisotopic (exact) mass is 347 g/mol. The minimum Gasteiger partial charge on any atom is -0.480 e. The lowest BCUT2D eigenvalue weighted by molar-refractivity contribution is -0.128. The Morgan fingerprint density at radius 1 is 1.42 bits per heavy atom. The molecule has 19 heavy (non-hydrogen) atoms. The predicted octanol–water partition coefficient (Wildman–Crippen LogP) is 4.17. The van der Waals surface area contributed by atoms with Gasteiger partial charge in [0.05, 0.1) is 4.47 Å². The Kier molecular flexibility index (Phi) is 6.66. The summed E-state index contributed by atoms with van der Waals surface area (Å²) in [6.45, 7) is 5.84. The molecule has 0 aliphatic carbocycles. The van der Waals surface area contributed by atoms with E-state index in [4.69, 9.17) is 16.3 Å². The van der Waals surface area contributed by atoms with Crippen molar-refractivity contribution in [2.75, 3.05) is 0 Å². The number of halogens is 2. The van der Waals surface area contributed by atoms with Crippen LogP contribution in [0.5, 0.6) is 5.75 Å². The van der Waals surface area contributed by atoms with Gasteiger partial charge in [-0.3, -0.25) is 4.79 Å². The van der Waals surface area contributed by atoms with Crippen molar-refractivity contribution in [3.8, 4) is 5.75 Å². The largest absolute Gasteiger partial charge is 0.480 e. The van der Waals surface area contributed by atoms with Crippen LogP contribution in [0.25, 0.3) is 0 Å². The molecular weight excluding hydrogens is 330 g/mol. The summed E-state index contributed by atoms with van der Waals surface area (Å²) in [5.41, 5.74) is 0. The average molecular weight is 349 g/mol. The molecule has 0 aliphatic heterocycles. The van der Waals surface area contributed by atoms with Crippen LogP contribution in [0, 0.1) is 0 Å². The van der Waals surface area contributed by atoms with Gasteiger partial charge in [0.15, 0.2) is 6.10 Å². The first kappa shape index (κ1) is 16.3. The molecule has 1 aromatic rings. The molecule has 0 aliphatic rings. The topological polar surface area (TPSA) is 38.3 Å². The van der Waals surface area contributed by atoms with Crippen molar-refractivity contribution in [1.82, 2.24) is 5.32 Å². The first-order valence-corrected chi connectivity index (χ1v) is 7.57. The highest BCUT2D eigenvalue weighted by Gasteiger charge is 2.18. The number of rotatable bonds is 6. The van der Waals surface area contributed by atoms with Crippen LogP contribution in [0.4, 0.5) is 0 Å². The Hall–Kier alpha value is -0.740. The van der Waals surface area contributed by atoms with Gasteiger partial charge in [-0.2, -0.15) is 0 Å². The van der Waals surface area contributed by atoms with E-state index in [1.54, 1.807) is 25.1 Å². The van der Waals surface area contributed by atoms with E-state index in [0.29, 0.717) is 10.8 Å². The van der Waals surface area contributed by atoms with Crippen molar-refractivity contribution in [1.29, 1.82) is 0 Å². The number of amides is 1. The van der Waals surface area contributed by atoms with E-state index in [2.05, 4.69) is 35.1 Å². The van der Waals surface area contributed by atoms with Crippen LogP contribution in [0.1, 0.15) is 33.6 Å². The molecule has 0 radical (unpaired) electrons. The number of nitrogens with one attached hydrogen (secondary N) is 1. The summed E-state index contributed by atoms with van der Waals surface area (Å²) in [5.74, 6) is 0.507. The number of ether oxygens (including phenoxy) is 1. The lowest BCUT2D eigenvalue weighted by atomic mass is 10.1. The second kappa shape index (κ2) is 7.75. The molecule has 5 heteroatoms. The third-order valence-electron chi connectivity index (χ3n) is 2.90. The third-order valence-corrected chi connectivity index (χ3v) is 3.75. The van der Waals surface area contributed by atoms with Crippen molar-refractivity contribution in [3.63, 3.8) is 0 Å². The maximum Gasteiger partial charge on any atom is 0.260 e. The molecule has 1 rings (SSSR count). The molecule has 1 N–H and O–H groups in total. The molecule has 106 valence electrons. The number of carbonyl (C=O) groups excluding carboxylic acids is 1. The normalized spacial score (nSPS) is 12.3. The molecule has 0 spiro atoms. The standard InChI is InChI=1S/C14H19BrClNO2/c1-4-11(5-2)17-14(18)9(3)19-13-7-6-10(16)8-12(13)15/h6-9,11H,4-5H2,1-3H3,(H,17,18). The Bertz CT molecular complexity index is 435. The molecule has 1 amide bonds. The molecule has 1 unspecified atom stereocenters. The molecule has 0 aromatic heterocycles. The number of benzene rings is 1. The van der Waals surface area contributed by atoms with Gasteiger partial charge in [-0.1, -0.05) is 25.4 Å². The molecule has 0 saturated carbocycles. The lowest BCUT2D eigenvalue weighted by Crippen LogP contribution is -2.42. The van der Waals surface area contributed by atoms with Crippen molar-refractivity contribution < 1.29 is 9.53 Å². The van der Waals surface area contributed by atoms with Crippen molar-refractivity contribution in [2.45, 2.75) is 45.8 Å². The summed E-state index contributed by atoms with van der Waals surface area (Å²) in [5, 5.41) is 3.58. The van der Waals surface area contributed by atoms with Gasteiger partial charge in [0.25, 0.3) is 5.91 Å². The lowest BCUT2D eigenvalue weighted by Gasteiger charge is -2.20. The van der Waals surface area contributed by atoms with Crippen LogP contribution in [-0.4, -0.2) is 18.1 Å². The van der Waals surface area contributed by atoms with Crippen molar-refractivity contribution in [2.24, 2.45) is 0 Å². The van der Waals surface area contributed by atoms with E-state index < -0.39 is 6.10 Å². The van der Waals surface area contributed by atoms with E-state index >= 15 is 0 Å². The fraction of sp³-hybridized carbons (Fsp3) is 0.500. The van der Waals surface area contributed by atoms with Crippen LogP contribution in [0.2, 0.25) is 5.02 Å². The highest BCUT2D eigenvalue weighted by Crippen LogP contribution is 2.28. The molecule has 0 bridgehead atoms. The van der Waals surface area contributed by atoms with E-state index in [-0.39, 0.29) is 11.9 Å². The SMILES string of the molecule is CCC(CC)NC(=O)C(C)Oc1ccc(Cl)cc1Br. The second-order valence-corrected chi connectivity index (χ2v) is 5.65. The molecule has 0 heterocycles. The van der Waals surface area contributed by atoms with Gasteiger partial charge in [0.1, 0.15) is 5.75 Å². The zero-order valence-corrected chi connectivity index (χ0v) is 13.7. The Balaban J connectivity index is 2.63. The summed E-state index contributed by atoms with van der Waals surface area (Å²) in [6, 6.07) is 5.41. The van der Waals surface area contributed by atoms with Gasteiger partial charge in [0, 0.05) is 11.1 Å². The smallest absolute Gasteiger partial charge is 0.260 e. The highest BCUT2D eigenvalue weighted by atomic mass is 79.9. The van der Waals surface area contributed by atoms with Crippen LogP contribution in [0.3, 0.4) is 0 Å². The first-order chi connectivity index (χ1) is 8.97. The maximum atomic E-state index is 12.0. The molecule has 1 atom stereocenters. The van der Waals surface area contributed by atoms with E-state index in [9.17, 15) is 4.79 Å². The molecular formula is C14H19BrClNO2. The van der Waals surface area contributed by atoms with E-state index in [1.165, 1.54) is 0 Å². The quantitative estimate of drug-likeness (QED) is 0.837. The molecule has 0 saturated heterocycles. The van der Waals surface area contributed by atoms with Crippen molar-refractivity contribution in [3.05, 3.63) is 27.7 Å². The first-order valence-electron chi connectivity index (χ1n) is 6.40. The Morgan fingerprint density at radius 3 is 2.58 bits per heavy atom. The fourth-order valence-corrected chi connectivity index (χ4v) is 2.40. The van der Waals surface area contributed by atoms with Gasteiger partial charge in [-0.05, 0) is 53.9 Å². The van der Waals surface area contributed by atoms with Gasteiger partial charge in [-0.25, -0.2) is 0 Å². The molecule has 1 aromatic carbocycles. The van der Waals surface area contributed by atoms with Crippen LogP contribution in [-0.2, 0) is 4.79 Å². The summed E-state index contributed by atoms with van der Waals surface area (Å²) in [4.78, 5) is 12.0. The average Bonchev–Trinajstić information content (AvgIpc) is 2.38. The minimum absolute atomic E-state index is 0.101. The Labute approximate surface area is 127 Å². The third kappa shape index (κ3) is 5.03. The summed E-state index contributed by atoms with van der Waals surface area (Å²) >= 11 is 9.22. The number of carbonyl (C=O) groups is 1. The van der Waals surface area contributed by atoms with Gasteiger partial charge in [0.2, 0.25) is 0 Å². The van der Waals surface area contributed by atoms with Crippen molar-refractivity contribution >= 4 is 33.4 Å². The zero-order chi connectivity index (χ0) is 14.4. The van der Waals surface area contributed by atoms with Gasteiger partial charge >= 0.3 is 0 Å². The second-order valence-electron chi connectivity index (χ2n) is 4.36. The van der Waals surface area contributed by atoms with E-state index in [1.807, 2.05) is 0 Å². The molecule has 0 fully saturated rings. The zero-order valence-electron chi connectivity index (χ0n) is 11.4. The molecule has 3 nitrogen and oxygen atoms in total. The summed E-state index contributed by atoms with van der Waals surface area (Å²) in [7, 11) is 0. The van der Waals surface area contributed by atoms with Gasteiger partial charge in [-0.15, -0.1) is 0 Å². The number of hydrogen-bond acceptors (Lipinski definition) is 2. The summed E-state index contributed by atoms with van der Waals surface area (Å²) < 4.78 is 6.37. The van der Waals surface area contributed by atoms with Crippen LogP contribution < -0.4 is 10.1 Å². The predicted molar refractivity (Wildman–Crippen MR) is 81.8 cm³/mol. The highest BCUT2D eigenvalue weighted by molar-refractivity contribution is 9.10. The Morgan fingerprint density at radius 2 is 2.05 bits per heavy atom. The fourth-order valence-electron chi connectivity index (χ4n) is 1.63. The number of hydrogen-bond donors (Lipinski definition) is 1. The summed E-state index contributed by atoms with van der Waals surface area (Å²) in [6.07, 6.45) is 1.29.